The summed E-state index contributed by atoms with van der Waals surface area (Å²) in [5.74, 6) is -1.13. The lowest BCUT2D eigenvalue weighted by atomic mass is 9.97. The molecule has 198 valence electrons. The summed E-state index contributed by atoms with van der Waals surface area (Å²) in [6, 6.07) is 7.09. The molecule has 2 unspecified atom stereocenters. The molecule has 5 atom stereocenters. The molecule has 3 amide bonds. The van der Waals surface area contributed by atoms with Gasteiger partial charge in [0, 0.05) is 0 Å². The molecule has 0 bridgehead atoms. The van der Waals surface area contributed by atoms with Gasteiger partial charge >= 0.3 is 12.1 Å². The van der Waals surface area contributed by atoms with Crippen molar-refractivity contribution in [3.05, 3.63) is 35.9 Å². The van der Waals surface area contributed by atoms with E-state index in [1.807, 2.05) is 44.2 Å². The van der Waals surface area contributed by atoms with Crippen LogP contribution in [0.4, 0.5) is 4.79 Å². The van der Waals surface area contributed by atoms with Crippen LogP contribution in [0.2, 0.25) is 0 Å². The summed E-state index contributed by atoms with van der Waals surface area (Å²) in [6.45, 7) is 9.17. The van der Waals surface area contributed by atoms with Crippen molar-refractivity contribution < 1.29 is 28.7 Å². The fourth-order valence-corrected chi connectivity index (χ4v) is 6.26. The van der Waals surface area contributed by atoms with Gasteiger partial charge in [-0.1, -0.05) is 44.2 Å². The van der Waals surface area contributed by atoms with Crippen molar-refractivity contribution in [2.75, 3.05) is 7.11 Å². The molecule has 2 aliphatic rings. The Morgan fingerprint density at radius 1 is 1.14 bits per heavy atom. The molecule has 0 spiro atoms. The van der Waals surface area contributed by atoms with Crippen molar-refractivity contribution in [2.24, 2.45) is 5.92 Å². The number of alkyl carbamates (subject to hydrolysis) is 1. The van der Waals surface area contributed by atoms with Gasteiger partial charge in [0.25, 0.3) is 0 Å². The van der Waals surface area contributed by atoms with Gasteiger partial charge in [-0.3, -0.25) is 9.59 Å². The second kappa shape index (κ2) is 11.5. The minimum Gasteiger partial charge on any atom is -0.467 e. The lowest BCUT2D eigenvalue weighted by Crippen LogP contribution is -2.60. The van der Waals surface area contributed by atoms with Crippen molar-refractivity contribution in [1.82, 2.24) is 15.5 Å². The lowest BCUT2D eigenvalue weighted by molar-refractivity contribution is -0.148. The average molecular weight is 520 g/mol. The highest BCUT2D eigenvalue weighted by Gasteiger charge is 2.53. The number of nitrogens with one attached hydrogen (secondary N) is 2. The number of piperidine rings is 1. The molecule has 2 aliphatic heterocycles. The Bertz CT molecular complexity index is 964. The van der Waals surface area contributed by atoms with Crippen LogP contribution in [0, 0.1) is 5.92 Å². The van der Waals surface area contributed by atoms with Crippen molar-refractivity contribution in [2.45, 2.75) is 88.2 Å². The first-order chi connectivity index (χ1) is 16.9. The summed E-state index contributed by atoms with van der Waals surface area (Å²) in [7, 11) is 1.29. The van der Waals surface area contributed by atoms with Crippen LogP contribution in [0.25, 0.3) is 0 Å². The van der Waals surface area contributed by atoms with E-state index in [1.54, 1.807) is 37.4 Å². The number of amides is 3. The summed E-state index contributed by atoms with van der Waals surface area (Å²) >= 11 is 1.56. The largest absolute Gasteiger partial charge is 0.467 e. The first kappa shape index (κ1) is 27.8. The highest BCUT2D eigenvalue weighted by Crippen LogP contribution is 2.49. The van der Waals surface area contributed by atoms with E-state index >= 15 is 0 Å². The van der Waals surface area contributed by atoms with Gasteiger partial charge in [0.05, 0.1) is 17.7 Å². The van der Waals surface area contributed by atoms with Crippen molar-refractivity contribution in [3.8, 4) is 0 Å². The number of hydrogen-bond acceptors (Lipinski definition) is 7. The SMILES string of the molecule is COC(=O)C(CC(C)C)NC(=O)[C@H]1[C@@H](c2ccccc2)S[C@H]2CCC(NC(=O)OC(C)(C)C)C(=O)N21. The predicted molar refractivity (Wildman–Crippen MR) is 137 cm³/mol. The molecule has 1 aromatic rings. The van der Waals surface area contributed by atoms with E-state index in [0.717, 1.165) is 5.56 Å². The van der Waals surface area contributed by atoms with E-state index < -0.39 is 41.7 Å². The Morgan fingerprint density at radius 2 is 1.81 bits per heavy atom. The molecule has 1 aromatic carbocycles. The zero-order chi connectivity index (χ0) is 26.6. The van der Waals surface area contributed by atoms with Crippen LogP contribution in [-0.2, 0) is 23.9 Å². The molecule has 2 N–H and O–H groups in total. The molecular weight excluding hydrogens is 482 g/mol. The first-order valence-electron chi connectivity index (χ1n) is 12.3. The molecular formula is C26H37N3O6S. The number of fused-ring (bicyclic) bond motifs is 1. The third-order valence-corrected chi connectivity index (χ3v) is 7.65. The number of carbonyl (C=O) groups excluding carboxylic acids is 4. The molecule has 0 aromatic heterocycles. The number of benzene rings is 1. The Labute approximate surface area is 217 Å². The quantitative estimate of drug-likeness (QED) is 0.531. The smallest absolute Gasteiger partial charge is 0.408 e. The molecule has 10 heteroatoms. The fourth-order valence-electron chi connectivity index (χ4n) is 4.57. The van der Waals surface area contributed by atoms with Crippen LogP contribution >= 0.6 is 11.8 Å². The second-order valence-electron chi connectivity index (χ2n) is 10.6. The van der Waals surface area contributed by atoms with Crippen molar-refractivity contribution >= 4 is 35.6 Å². The van der Waals surface area contributed by atoms with E-state index in [0.29, 0.717) is 19.3 Å². The monoisotopic (exact) mass is 519 g/mol. The second-order valence-corrected chi connectivity index (χ2v) is 11.9. The maximum absolute atomic E-state index is 13.7. The highest BCUT2D eigenvalue weighted by atomic mass is 32.2. The van der Waals surface area contributed by atoms with E-state index in [1.165, 1.54) is 7.11 Å². The number of methoxy groups -OCH3 is 1. The normalized spacial score (nSPS) is 24.6. The van der Waals surface area contributed by atoms with Crippen LogP contribution < -0.4 is 10.6 Å². The topological polar surface area (TPSA) is 114 Å². The van der Waals surface area contributed by atoms with Gasteiger partial charge in [0.1, 0.15) is 23.7 Å². The van der Waals surface area contributed by atoms with E-state index in [2.05, 4.69) is 10.6 Å². The number of esters is 1. The molecule has 0 aliphatic carbocycles. The fraction of sp³-hybridized carbons (Fsp3) is 0.615. The third-order valence-electron chi connectivity index (χ3n) is 6.05. The third kappa shape index (κ3) is 6.72. The molecule has 36 heavy (non-hydrogen) atoms. The summed E-state index contributed by atoms with van der Waals surface area (Å²) < 4.78 is 10.3. The van der Waals surface area contributed by atoms with Crippen molar-refractivity contribution in [1.29, 1.82) is 0 Å². The standard InChI is InChI=1S/C26H37N3O6S/c1-15(2)14-18(24(32)34-6)27-22(30)20-21(16-10-8-7-9-11-16)36-19-13-12-17(23(31)29(19)20)28-25(33)35-26(3,4)5/h7-11,15,17-21H,12-14H2,1-6H3,(H,27,30)(H,28,33)/t17?,18?,19-,20+,21+/m0/s1. The number of nitrogens with zero attached hydrogens (tertiary/aromatic N) is 1. The van der Waals surface area contributed by atoms with Crippen LogP contribution in [0.15, 0.2) is 30.3 Å². The molecule has 2 fully saturated rings. The lowest BCUT2D eigenvalue weighted by Gasteiger charge is -2.37. The number of ether oxygens (including phenoxy) is 2. The zero-order valence-electron chi connectivity index (χ0n) is 21.8. The van der Waals surface area contributed by atoms with Gasteiger partial charge in [-0.05, 0) is 51.5 Å². The Morgan fingerprint density at radius 3 is 2.39 bits per heavy atom. The van der Waals surface area contributed by atoms with Crippen LogP contribution in [0.5, 0.6) is 0 Å². The molecule has 0 saturated carbocycles. The molecule has 2 heterocycles. The predicted octanol–water partition coefficient (Wildman–Crippen LogP) is 3.39. The summed E-state index contributed by atoms with van der Waals surface area (Å²) in [5.41, 5.74) is 0.216. The van der Waals surface area contributed by atoms with Crippen LogP contribution in [-0.4, -0.2) is 65.0 Å². The maximum atomic E-state index is 13.7. The Hall–Kier alpha value is -2.75. The number of thioether (sulfide) groups is 1. The van der Waals surface area contributed by atoms with E-state index in [-0.39, 0.29) is 22.4 Å². The van der Waals surface area contributed by atoms with Gasteiger partial charge in [-0.15, -0.1) is 11.8 Å². The minimum atomic E-state index is -0.850. The van der Waals surface area contributed by atoms with E-state index in [9.17, 15) is 19.2 Å². The Balaban J connectivity index is 1.88. The molecule has 2 saturated heterocycles. The summed E-state index contributed by atoms with van der Waals surface area (Å²) in [6.07, 6.45) is 0.792. The summed E-state index contributed by atoms with van der Waals surface area (Å²) in [5, 5.41) is 4.98. The highest BCUT2D eigenvalue weighted by molar-refractivity contribution is 8.00. The number of carbonyl (C=O) groups is 4. The molecule has 3 rings (SSSR count). The zero-order valence-corrected chi connectivity index (χ0v) is 22.6. The van der Waals surface area contributed by atoms with Crippen LogP contribution in [0.1, 0.15) is 64.7 Å². The average Bonchev–Trinajstić information content (AvgIpc) is 3.19. The van der Waals surface area contributed by atoms with Gasteiger partial charge in [-0.2, -0.15) is 0 Å². The minimum absolute atomic E-state index is 0.143. The molecule has 0 radical (unpaired) electrons. The number of rotatable bonds is 7. The van der Waals surface area contributed by atoms with E-state index in [4.69, 9.17) is 9.47 Å². The van der Waals surface area contributed by atoms with Gasteiger partial charge < -0.3 is 25.0 Å². The van der Waals surface area contributed by atoms with Gasteiger partial charge in [0.2, 0.25) is 11.8 Å². The summed E-state index contributed by atoms with van der Waals surface area (Å²) in [4.78, 5) is 53.7. The van der Waals surface area contributed by atoms with Crippen LogP contribution in [0.3, 0.4) is 0 Å². The number of hydrogen-bond donors (Lipinski definition) is 2. The molecule has 9 nitrogen and oxygen atoms in total. The Kier molecular flexibility index (Phi) is 8.92. The first-order valence-corrected chi connectivity index (χ1v) is 13.3. The van der Waals surface area contributed by atoms with Gasteiger partial charge in [-0.25, -0.2) is 9.59 Å². The van der Waals surface area contributed by atoms with Crippen molar-refractivity contribution in [3.63, 3.8) is 0 Å². The van der Waals surface area contributed by atoms with Gasteiger partial charge in [0.15, 0.2) is 0 Å². The maximum Gasteiger partial charge on any atom is 0.408 e.